The molecule has 0 rings (SSSR count). The Balaban J connectivity index is 3.93. The van der Waals surface area contributed by atoms with Gasteiger partial charge in [-0.15, -0.1) is 0 Å². The molecule has 1 unspecified atom stereocenters. The molecule has 4 nitrogen and oxygen atoms in total. The van der Waals surface area contributed by atoms with Gasteiger partial charge in [0, 0.05) is 6.61 Å². The van der Waals surface area contributed by atoms with Gasteiger partial charge in [0.1, 0.15) is 6.04 Å². The van der Waals surface area contributed by atoms with Crippen molar-refractivity contribution in [1.29, 1.82) is 0 Å². The largest absolute Gasteiger partial charge is 0.480 e. The van der Waals surface area contributed by atoms with Gasteiger partial charge in [0.25, 0.3) is 0 Å². The monoisotopic (exact) mass is 217 g/mol. The molecular weight excluding hydrogens is 194 g/mol. The predicted molar refractivity (Wildman–Crippen MR) is 59.8 cm³/mol. The van der Waals surface area contributed by atoms with Crippen LogP contribution in [0, 0.1) is 5.92 Å². The Morgan fingerprint density at radius 1 is 1.27 bits per heavy atom. The van der Waals surface area contributed by atoms with Crippen molar-refractivity contribution >= 4 is 5.97 Å². The van der Waals surface area contributed by atoms with E-state index < -0.39 is 12.0 Å². The molecule has 1 atom stereocenters. The summed E-state index contributed by atoms with van der Waals surface area (Å²) in [5.74, 6) is -0.639. The minimum atomic E-state index is -0.755. The zero-order valence-corrected chi connectivity index (χ0v) is 9.94. The second kappa shape index (κ2) is 7.65. The van der Waals surface area contributed by atoms with Crippen molar-refractivity contribution in [3.05, 3.63) is 0 Å². The van der Waals surface area contributed by atoms with E-state index in [1.165, 1.54) is 0 Å². The molecular formula is C11H23NO3. The predicted octanol–water partition coefficient (Wildman–Crippen LogP) is 1.19. The molecule has 2 N–H and O–H groups in total. The number of rotatable bonds is 8. The minimum Gasteiger partial charge on any atom is -0.480 e. The minimum absolute atomic E-state index is 0.116. The molecule has 0 saturated carbocycles. The Morgan fingerprint density at radius 3 is 2.27 bits per heavy atom. The fourth-order valence-corrected chi connectivity index (χ4v) is 1.77. The lowest BCUT2D eigenvalue weighted by Crippen LogP contribution is -2.42. The van der Waals surface area contributed by atoms with Crippen molar-refractivity contribution in [3.63, 3.8) is 0 Å². The highest BCUT2D eigenvalue weighted by Crippen LogP contribution is 2.10. The maximum atomic E-state index is 11.0. The molecule has 0 aliphatic carbocycles. The van der Waals surface area contributed by atoms with E-state index in [0.717, 1.165) is 25.8 Å². The number of carbonyl (C=O) groups is 1. The molecule has 0 bridgehead atoms. The van der Waals surface area contributed by atoms with Crippen LogP contribution in [-0.4, -0.2) is 47.3 Å². The van der Waals surface area contributed by atoms with Gasteiger partial charge in [-0.3, -0.25) is 9.69 Å². The van der Waals surface area contributed by atoms with E-state index in [1.54, 1.807) is 0 Å². The van der Waals surface area contributed by atoms with Gasteiger partial charge in [-0.1, -0.05) is 13.8 Å². The number of aliphatic hydroxyl groups is 1. The van der Waals surface area contributed by atoms with Gasteiger partial charge in [-0.2, -0.15) is 0 Å². The van der Waals surface area contributed by atoms with E-state index in [9.17, 15) is 4.79 Å². The second-order valence-electron chi connectivity index (χ2n) is 4.29. The highest BCUT2D eigenvalue weighted by Gasteiger charge is 2.25. The molecule has 0 aromatic heterocycles. The third-order valence-electron chi connectivity index (χ3n) is 2.53. The average molecular weight is 217 g/mol. The van der Waals surface area contributed by atoms with Crippen LogP contribution in [0.1, 0.15) is 33.1 Å². The van der Waals surface area contributed by atoms with Crippen LogP contribution in [0.3, 0.4) is 0 Å². The first-order valence-corrected chi connectivity index (χ1v) is 5.54. The fraction of sp³-hybridized carbons (Fsp3) is 0.909. The number of aliphatic carboxylic acids is 1. The van der Waals surface area contributed by atoms with Crippen molar-refractivity contribution in [1.82, 2.24) is 4.90 Å². The lowest BCUT2D eigenvalue weighted by atomic mass is 10.0. The summed E-state index contributed by atoms with van der Waals surface area (Å²) in [4.78, 5) is 12.9. The van der Waals surface area contributed by atoms with Crippen LogP contribution in [0.5, 0.6) is 0 Å². The number of aliphatic hydroxyl groups excluding tert-OH is 1. The Hall–Kier alpha value is -0.610. The zero-order valence-electron chi connectivity index (χ0n) is 9.94. The summed E-state index contributed by atoms with van der Waals surface area (Å²) in [5, 5.41) is 17.6. The molecule has 0 fully saturated rings. The normalized spacial score (nSPS) is 13.5. The van der Waals surface area contributed by atoms with E-state index in [2.05, 4.69) is 0 Å². The van der Waals surface area contributed by atoms with Gasteiger partial charge in [0.15, 0.2) is 0 Å². The molecule has 15 heavy (non-hydrogen) atoms. The molecule has 0 heterocycles. The summed E-state index contributed by atoms with van der Waals surface area (Å²) in [6, 6.07) is -0.404. The topological polar surface area (TPSA) is 60.8 Å². The SMILES string of the molecule is CC(C)C(C(=O)O)N(C)CCCCCO. The maximum absolute atomic E-state index is 11.0. The summed E-state index contributed by atoms with van der Waals surface area (Å²) in [6.45, 7) is 4.83. The third kappa shape index (κ3) is 5.74. The molecule has 0 aromatic carbocycles. The van der Waals surface area contributed by atoms with Gasteiger partial charge < -0.3 is 10.2 Å². The Bertz CT molecular complexity index is 183. The first-order chi connectivity index (χ1) is 7.00. The van der Waals surface area contributed by atoms with Crippen LogP contribution in [0.25, 0.3) is 0 Å². The summed E-state index contributed by atoms with van der Waals surface area (Å²) < 4.78 is 0. The molecule has 0 aromatic rings. The molecule has 0 saturated heterocycles. The molecule has 0 amide bonds. The molecule has 0 aliphatic heterocycles. The molecule has 0 aliphatic rings. The van der Waals surface area contributed by atoms with E-state index in [0.29, 0.717) is 0 Å². The lowest BCUT2D eigenvalue weighted by molar-refractivity contribution is -0.144. The smallest absolute Gasteiger partial charge is 0.321 e. The first-order valence-electron chi connectivity index (χ1n) is 5.54. The molecule has 0 radical (unpaired) electrons. The van der Waals surface area contributed by atoms with Gasteiger partial charge in [-0.25, -0.2) is 0 Å². The molecule has 0 spiro atoms. The summed E-state index contributed by atoms with van der Waals surface area (Å²) in [6.07, 6.45) is 2.69. The number of hydrogen-bond acceptors (Lipinski definition) is 3. The van der Waals surface area contributed by atoms with Crippen LogP contribution in [-0.2, 0) is 4.79 Å². The standard InChI is InChI=1S/C11H23NO3/c1-9(2)10(11(14)15)12(3)7-5-4-6-8-13/h9-10,13H,4-8H2,1-3H3,(H,14,15). The van der Waals surface area contributed by atoms with Crippen LogP contribution in [0.15, 0.2) is 0 Å². The second-order valence-corrected chi connectivity index (χ2v) is 4.29. The Labute approximate surface area is 91.9 Å². The van der Waals surface area contributed by atoms with Gasteiger partial charge in [0.05, 0.1) is 0 Å². The quantitative estimate of drug-likeness (QED) is 0.600. The zero-order chi connectivity index (χ0) is 11.8. The number of hydrogen-bond donors (Lipinski definition) is 2. The van der Waals surface area contributed by atoms with Gasteiger partial charge in [0.2, 0.25) is 0 Å². The highest BCUT2D eigenvalue weighted by molar-refractivity contribution is 5.73. The average Bonchev–Trinajstić information content (AvgIpc) is 2.11. The van der Waals surface area contributed by atoms with Crippen molar-refractivity contribution in [2.45, 2.75) is 39.2 Å². The lowest BCUT2D eigenvalue weighted by Gasteiger charge is -2.27. The number of unbranched alkanes of at least 4 members (excludes halogenated alkanes) is 2. The number of carboxylic acid groups (broad SMARTS) is 1. The van der Waals surface area contributed by atoms with Crippen molar-refractivity contribution in [3.8, 4) is 0 Å². The fourth-order valence-electron chi connectivity index (χ4n) is 1.77. The highest BCUT2D eigenvalue weighted by atomic mass is 16.4. The van der Waals surface area contributed by atoms with E-state index in [1.807, 2.05) is 25.8 Å². The van der Waals surface area contributed by atoms with Crippen molar-refractivity contribution < 1.29 is 15.0 Å². The molecule has 4 heteroatoms. The summed E-state index contributed by atoms with van der Waals surface area (Å²) in [5.41, 5.74) is 0. The Kier molecular flexibility index (Phi) is 7.34. The van der Waals surface area contributed by atoms with E-state index >= 15 is 0 Å². The number of nitrogens with zero attached hydrogens (tertiary/aromatic N) is 1. The summed E-state index contributed by atoms with van der Waals surface area (Å²) in [7, 11) is 1.84. The van der Waals surface area contributed by atoms with Crippen LogP contribution < -0.4 is 0 Å². The van der Waals surface area contributed by atoms with Crippen LogP contribution in [0.4, 0.5) is 0 Å². The van der Waals surface area contributed by atoms with Crippen molar-refractivity contribution in [2.24, 2.45) is 5.92 Å². The van der Waals surface area contributed by atoms with Crippen LogP contribution in [0.2, 0.25) is 0 Å². The molecule has 90 valence electrons. The van der Waals surface area contributed by atoms with Gasteiger partial charge >= 0.3 is 5.97 Å². The number of carboxylic acids is 1. The van der Waals surface area contributed by atoms with Gasteiger partial charge in [-0.05, 0) is 38.8 Å². The van der Waals surface area contributed by atoms with Crippen LogP contribution >= 0.6 is 0 Å². The van der Waals surface area contributed by atoms with Crippen molar-refractivity contribution in [2.75, 3.05) is 20.2 Å². The third-order valence-corrected chi connectivity index (χ3v) is 2.53. The van der Waals surface area contributed by atoms with E-state index in [4.69, 9.17) is 10.2 Å². The Morgan fingerprint density at radius 2 is 1.87 bits per heavy atom. The van der Waals surface area contributed by atoms with E-state index in [-0.39, 0.29) is 12.5 Å². The maximum Gasteiger partial charge on any atom is 0.321 e. The number of likely N-dealkylation sites (N-methyl/N-ethyl adjacent to an activating group) is 1. The first kappa shape index (κ1) is 14.4. The summed E-state index contributed by atoms with van der Waals surface area (Å²) >= 11 is 0.